The Bertz CT molecular complexity index is 1310. The average Bonchev–Trinajstić information content (AvgIpc) is 3.32. The minimum atomic E-state index is -0.00735. The van der Waals surface area contributed by atoms with Crippen LogP contribution in [0.1, 0.15) is 37.3 Å². The number of nitrogens with zero attached hydrogens (tertiary/aromatic N) is 2. The van der Waals surface area contributed by atoms with E-state index < -0.39 is 0 Å². The van der Waals surface area contributed by atoms with Gasteiger partial charge in [-0.25, -0.2) is 9.98 Å². The third-order valence-corrected chi connectivity index (χ3v) is 6.52. The summed E-state index contributed by atoms with van der Waals surface area (Å²) in [6.07, 6.45) is 23.3. The van der Waals surface area contributed by atoms with Gasteiger partial charge in [-0.3, -0.25) is 0 Å². The van der Waals surface area contributed by atoms with Crippen molar-refractivity contribution in [2.24, 2.45) is 21.8 Å². The maximum atomic E-state index is 8.00. The van der Waals surface area contributed by atoms with Crippen LogP contribution in [0.2, 0.25) is 0 Å². The van der Waals surface area contributed by atoms with Crippen molar-refractivity contribution in [3.63, 3.8) is 0 Å². The SMILES string of the molecule is C=O.C=O.COC1=CC(C(=NC2=CC=CC(C)C2)OC)C=CC=C1.COC1=CCCC=C1C(=NCc1cccc(C)c1)OC. The Kier molecular flexibility index (Phi) is 18.6. The fourth-order valence-electron chi connectivity index (χ4n) is 4.49. The highest BCUT2D eigenvalue weighted by atomic mass is 16.5. The smallest absolute Gasteiger partial charge is 0.219 e. The van der Waals surface area contributed by atoms with Gasteiger partial charge in [0.15, 0.2) is 5.90 Å². The molecule has 44 heavy (non-hydrogen) atoms. The normalized spacial score (nSPS) is 19.0. The molecule has 0 aromatic heterocycles. The standard InChI is InChI=1S/2C17H21NO2.2CH2O/c1-13-7-6-8-14(11-13)12-18-17(20-3)15-9-4-5-10-16(15)19-2;1-13-7-6-9-15(11-13)18-17(20-3)14-8-4-5-10-16(12-14)19-2;2*1-2/h6-11H,4-5,12H2,1-3H3;4-10,12-14H,11H2,1-3H3;2*1H2. The van der Waals surface area contributed by atoms with Crippen LogP contribution in [0, 0.1) is 18.8 Å². The van der Waals surface area contributed by atoms with E-state index in [0.29, 0.717) is 24.3 Å². The minimum absolute atomic E-state index is 0.00735. The Labute approximate surface area is 262 Å². The van der Waals surface area contributed by atoms with Crippen molar-refractivity contribution in [1.82, 2.24) is 0 Å². The first-order chi connectivity index (χ1) is 21.5. The number of carbonyl (C=O) groups excluding carboxylic acids is 2. The summed E-state index contributed by atoms with van der Waals surface area (Å²) in [5, 5.41) is 0. The molecule has 8 heteroatoms. The zero-order chi connectivity index (χ0) is 32.7. The Hall–Kier alpha value is -4.72. The first-order valence-electron chi connectivity index (χ1n) is 14.2. The molecule has 0 heterocycles. The van der Waals surface area contributed by atoms with Crippen LogP contribution in [0.3, 0.4) is 0 Å². The third kappa shape index (κ3) is 12.7. The Balaban J connectivity index is 0.000000395. The molecule has 0 aliphatic heterocycles. The zero-order valence-electron chi connectivity index (χ0n) is 26.8. The molecule has 0 spiro atoms. The molecular formula is C36H46N2O6. The number of aryl methyl sites for hydroxylation is 1. The van der Waals surface area contributed by atoms with Crippen molar-refractivity contribution >= 4 is 25.4 Å². The van der Waals surface area contributed by atoms with Crippen LogP contribution in [0.15, 0.2) is 118 Å². The molecule has 3 aliphatic rings. The highest BCUT2D eigenvalue weighted by Gasteiger charge is 2.17. The molecule has 1 aromatic carbocycles. The molecular weight excluding hydrogens is 556 g/mol. The Morgan fingerprint density at radius 1 is 0.932 bits per heavy atom. The monoisotopic (exact) mass is 602 g/mol. The summed E-state index contributed by atoms with van der Waals surface area (Å²) in [6.45, 7) is 8.88. The van der Waals surface area contributed by atoms with E-state index in [9.17, 15) is 0 Å². The molecule has 0 saturated heterocycles. The lowest BCUT2D eigenvalue weighted by Gasteiger charge is -2.16. The van der Waals surface area contributed by atoms with Crippen LogP contribution >= 0.6 is 0 Å². The molecule has 8 nitrogen and oxygen atoms in total. The molecule has 0 N–H and O–H groups in total. The van der Waals surface area contributed by atoms with Crippen molar-refractivity contribution in [3.05, 3.63) is 119 Å². The van der Waals surface area contributed by atoms with E-state index in [-0.39, 0.29) is 5.92 Å². The summed E-state index contributed by atoms with van der Waals surface area (Å²) in [5.41, 5.74) is 4.42. The number of benzene rings is 1. The Morgan fingerprint density at radius 3 is 2.32 bits per heavy atom. The number of rotatable bonds is 7. The van der Waals surface area contributed by atoms with Crippen LogP contribution in [0.25, 0.3) is 0 Å². The minimum Gasteiger partial charge on any atom is -0.497 e. The van der Waals surface area contributed by atoms with Gasteiger partial charge < -0.3 is 28.5 Å². The number of allylic oxidation sites excluding steroid dienone is 9. The summed E-state index contributed by atoms with van der Waals surface area (Å²) in [5.74, 6) is 3.50. The molecule has 0 radical (unpaired) electrons. The fraction of sp³-hybridized carbons (Fsp3) is 0.333. The predicted molar refractivity (Wildman–Crippen MR) is 178 cm³/mol. The fourth-order valence-corrected chi connectivity index (χ4v) is 4.49. The van der Waals surface area contributed by atoms with E-state index in [2.05, 4.69) is 66.3 Å². The lowest BCUT2D eigenvalue weighted by atomic mass is 10.0. The van der Waals surface area contributed by atoms with Gasteiger partial charge in [0.05, 0.1) is 46.5 Å². The van der Waals surface area contributed by atoms with Gasteiger partial charge in [0.25, 0.3) is 0 Å². The summed E-state index contributed by atoms with van der Waals surface area (Å²) in [7, 11) is 6.66. The van der Waals surface area contributed by atoms with Gasteiger partial charge in [0, 0.05) is 5.70 Å². The summed E-state index contributed by atoms with van der Waals surface area (Å²) >= 11 is 0. The highest BCUT2D eigenvalue weighted by molar-refractivity contribution is 5.97. The molecule has 0 bridgehead atoms. The van der Waals surface area contributed by atoms with Gasteiger partial charge in [-0.1, -0.05) is 73.2 Å². The maximum absolute atomic E-state index is 8.00. The largest absolute Gasteiger partial charge is 0.497 e. The number of hydrogen-bond donors (Lipinski definition) is 0. The highest BCUT2D eigenvalue weighted by Crippen LogP contribution is 2.23. The van der Waals surface area contributed by atoms with Crippen molar-refractivity contribution < 1.29 is 28.5 Å². The van der Waals surface area contributed by atoms with E-state index in [0.717, 1.165) is 42.1 Å². The molecule has 236 valence electrons. The number of carbonyl (C=O) groups is 2. The van der Waals surface area contributed by atoms with E-state index in [1.54, 1.807) is 28.4 Å². The molecule has 2 unspecified atom stereocenters. The van der Waals surface area contributed by atoms with Gasteiger partial charge in [-0.05, 0) is 62.0 Å². The van der Waals surface area contributed by atoms with Crippen molar-refractivity contribution in [3.8, 4) is 0 Å². The molecule has 4 rings (SSSR count). The molecule has 0 amide bonds. The number of methoxy groups -OCH3 is 4. The first kappa shape index (κ1) is 37.3. The zero-order valence-corrected chi connectivity index (χ0v) is 26.8. The summed E-state index contributed by atoms with van der Waals surface area (Å²) < 4.78 is 21.6. The number of hydrogen-bond acceptors (Lipinski definition) is 8. The molecule has 2 atom stereocenters. The van der Waals surface area contributed by atoms with Crippen LogP contribution in [-0.4, -0.2) is 53.8 Å². The van der Waals surface area contributed by atoms with Gasteiger partial charge in [0.1, 0.15) is 25.1 Å². The number of aliphatic imine (C=N–C) groups is 2. The Morgan fingerprint density at radius 2 is 1.68 bits per heavy atom. The van der Waals surface area contributed by atoms with Gasteiger partial charge in [-0.15, -0.1) is 0 Å². The van der Waals surface area contributed by atoms with Crippen molar-refractivity contribution in [2.45, 2.75) is 39.7 Å². The third-order valence-electron chi connectivity index (χ3n) is 6.52. The van der Waals surface area contributed by atoms with Crippen LogP contribution in [0.4, 0.5) is 0 Å². The van der Waals surface area contributed by atoms with Crippen molar-refractivity contribution in [1.29, 1.82) is 0 Å². The van der Waals surface area contributed by atoms with E-state index >= 15 is 0 Å². The topological polar surface area (TPSA) is 95.8 Å². The quantitative estimate of drug-likeness (QED) is 0.242. The second-order valence-corrected chi connectivity index (χ2v) is 9.70. The van der Waals surface area contributed by atoms with E-state index in [1.165, 1.54) is 11.1 Å². The molecule has 0 fully saturated rings. The van der Waals surface area contributed by atoms with Crippen LogP contribution in [-0.2, 0) is 35.1 Å². The maximum Gasteiger partial charge on any atom is 0.219 e. The average molecular weight is 603 g/mol. The van der Waals surface area contributed by atoms with E-state index in [1.807, 2.05) is 56.1 Å². The second kappa shape index (κ2) is 21.9. The molecule has 0 saturated carbocycles. The van der Waals surface area contributed by atoms with E-state index in [4.69, 9.17) is 28.5 Å². The first-order valence-corrected chi connectivity index (χ1v) is 14.2. The van der Waals surface area contributed by atoms with Crippen LogP contribution in [0.5, 0.6) is 0 Å². The van der Waals surface area contributed by atoms with Crippen molar-refractivity contribution in [2.75, 3.05) is 28.4 Å². The molecule has 1 aromatic rings. The summed E-state index contributed by atoms with van der Waals surface area (Å²) in [4.78, 5) is 25.2. The number of ether oxygens (including phenoxy) is 4. The predicted octanol–water partition coefficient (Wildman–Crippen LogP) is 7.20. The van der Waals surface area contributed by atoms with Gasteiger partial charge in [-0.2, -0.15) is 0 Å². The van der Waals surface area contributed by atoms with Gasteiger partial charge in [0.2, 0.25) is 5.90 Å². The molecule has 3 aliphatic carbocycles. The second-order valence-electron chi connectivity index (χ2n) is 9.70. The summed E-state index contributed by atoms with van der Waals surface area (Å²) in [6, 6.07) is 8.35. The lowest BCUT2D eigenvalue weighted by molar-refractivity contribution is -0.0987. The lowest BCUT2D eigenvalue weighted by Crippen LogP contribution is -2.14. The van der Waals surface area contributed by atoms with Gasteiger partial charge >= 0.3 is 0 Å². The van der Waals surface area contributed by atoms with Crippen LogP contribution < -0.4 is 0 Å².